The lowest BCUT2D eigenvalue weighted by molar-refractivity contribution is 0.182. The first-order valence-corrected chi connectivity index (χ1v) is 9.61. The second-order valence-corrected chi connectivity index (χ2v) is 6.59. The van der Waals surface area contributed by atoms with Gasteiger partial charge in [-0.25, -0.2) is 0 Å². The van der Waals surface area contributed by atoms with Gasteiger partial charge in [0, 0.05) is 23.7 Å². The number of aliphatic imine (C=N–C) groups is 1. The summed E-state index contributed by atoms with van der Waals surface area (Å²) in [6.07, 6.45) is 0.00507. The first-order chi connectivity index (χ1) is 13.6. The topological polar surface area (TPSA) is 75.1 Å². The van der Waals surface area contributed by atoms with E-state index in [4.69, 9.17) is 21.1 Å². The molecule has 0 saturated carbocycles. The fourth-order valence-electron chi connectivity index (χ4n) is 2.74. The van der Waals surface area contributed by atoms with Crippen molar-refractivity contribution in [1.29, 1.82) is 0 Å². The summed E-state index contributed by atoms with van der Waals surface area (Å²) in [6, 6.07) is 13.1. The predicted molar refractivity (Wildman–Crippen MR) is 114 cm³/mol. The molecule has 0 aliphatic rings. The standard InChI is InChI=1S/C21H28ClN3O3/c1-4-23-21(24-11-10-15-6-5-7-16(22)12-15)25-14-19(26)18-13-17(27-2)8-9-20(18)28-3/h5-9,12-13,19,26H,4,10-11,14H2,1-3H3,(H2,23,24,25). The van der Waals surface area contributed by atoms with Gasteiger partial charge < -0.3 is 25.2 Å². The van der Waals surface area contributed by atoms with Crippen molar-refractivity contribution < 1.29 is 14.6 Å². The number of rotatable bonds is 9. The van der Waals surface area contributed by atoms with E-state index in [2.05, 4.69) is 15.6 Å². The van der Waals surface area contributed by atoms with Crippen LogP contribution < -0.4 is 20.1 Å². The van der Waals surface area contributed by atoms with Crippen LogP contribution in [0.25, 0.3) is 0 Å². The van der Waals surface area contributed by atoms with E-state index >= 15 is 0 Å². The molecule has 0 aliphatic heterocycles. The number of methoxy groups -OCH3 is 2. The molecule has 0 aliphatic carbocycles. The molecule has 0 saturated heterocycles. The van der Waals surface area contributed by atoms with Gasteiger partial charge in [0.05, 0.1) is 20.8 Å². The number of hydrogen-bond acceptors (Lipinski definition) is 4. The third kappa shape index (κ3) is 6.62. The minimum atomic E-state index is -0.812. The summed E-state index contributed by atoms with van der Waals surface area (Å²) in [4.78, 5) is 4.49. The number of aliphatic hydroxyl groups is 1. The second kappa shape index (κ2) is 11.4. The van der Waals surface area contributed by atoms with Crippen molar-refractivity contribution in [2.24, 2.45) is 4.99 Å². The van der Waals surface area contributed by atoms with Gasteiger partial charge in [-0.15, -0.1) is 0 Å². The van der Waals surface area contributed by atoms with Crippen molar-refractivity contribution in [1.82, 2.24) is 10.6 Å². The molecule has 0 fully saturated rings. The van der Waals surface area contributed by atoms with E-state index in [1.165, 1.54) is 0 Å². The van der Waals surface area contributed by atoms with Crippen LogP contribution >= 0.6 is 11.6 Å². The van der Waals surface area contributed by atoms with Crippen molar-refractivity contribution >= 4 is 17.6 Å². The highest BCUT2D eigenvalue weighted by atomic mass is 35.5. The molecule has 1 atom stereocenters. The van der Waals surface area contributed by atoms with Gasteiger partial charge in [0.2, 0.25) is 0 Å². The van der Waals surface area contributed by atoms with Gasteiger partial charge in [-0.05, 0) is 49.2 Å². The van der Waals surface area contributed by atoms with Crippen LogP contribution in [-0.4, -0.2) is 44.9 Å². The molecule has 0 bridgehead atoms. The minimum absolute atomic E-state index is 0.191. The van der Waals surface area contributed by atoms with E-state index in [-0.39, 0.29) is 6.54 Å². The molecule has 0 aromatic heterocycles. The highest BCUT2D eigenvalue weighted by Gasteiger charge is 2.14. The fraction of sp³-hybridized carbons (Fsp3) is 0.381. The summed E-state index contributed by atoms with van der Waals surface area (Å²) in [5, 5.41) is 17.8. The van der Waals surface area contributed by atoms with E-state index in [9.17, 15) is 5.11 Å². The lowest BCUT2D eigenvalue weighted by Gasteiger charge is -2.16. The van der Waals surface area contributed by atoms with Crippen LogP contribution in [0, 0.1) is 0 Å². The molecule has 152 valence electrons. The van der Waals surface area contributed by atoms with Gasteiger partial charge in [0.25, 0.3) is 0 Å². The number of ether oxygens (including phenoxy) is 2. The third-order valence-electron chi connectivity index (χ3n) is 4.16. The summed E-state index contributed by atoms with van der Waals surface area (Å²) in [7, 11) is 3.16. The molecule has 2 aromatic carbocycles. The van der Waals surface area contributed by atoms with E-state index in [0.29, 0.717) is 29.6 Å². The molecule has 6 nitrogen and oxygen atoms in total. The maximum absolute atomic E-state index is 10.6. The zero-order chi connectivity index (χ0) is 20.4. The minimum Gasteiger partial charge on any atom is -0.497 e. The smallest absolute Gasteiger partial charge is 0.191 e. The highest BCUT2D eigenvalue weighted by molar-refractivity contribution is 6.30. The van der Waals surface area contributed by atoms with Crippen molar-refractivity contribution in [3.05, 3.63) is 58.6 Å². The molecule has 3 N–H and O–H groups in total. The molecule has 1 unspecified atom stereocenters. The van der Waals surface area contributed by atoms with Crippen molar-refractivity contribution in [3.63, 3.8) is 0 Å². The number of benzene rings is 2. The zero-order valence-electron chi connectivity index (χ0n) is 16.5. The maximum Gasteiger partial charge on any atom is 0.191 e. The van der Waals surface area contributed by atoms with E-state index in [1.807, 2.05) is 31.2 Å². The number of nitrogens with zero attached hydrogens (tertiary/aromatic N) is 1. The quantitative estimate of drug-likeness (QED) is 0.441. The summed E-state index contributed by atoms with van der Waals surface area (Å²) in [5.74, 6) is 1.90. The van der Waals surface area contributed by atoms with Gasteiger partial charge >= 0.3 is 0 Å². The lowest BCUT2D eigenvalue weighted by atomic mass is 10.1. The molecule has 7 heteroatoms. The largest absolute Gasteiger partial charge is 0.497 e. The van der Waals surface area contributed by atoms with Crippen LogP contribution in [-0.2, 0) is 6.42 Å². The van der Waals surface area contributed by atoms with Crippen LogP contribution in [0.4, 0.5) is 0 Å². The molecular weight excluding hydrogens is 378 g/mol. The van der Waals surface area contributed by atoms with Crippen molar-refractivity contribution in [3.8, 4) is 11.5 Å². The molecular formula is C21H28ClN3O3. The van der Waals surface area contributed by atoms with Gasteiger partial charge in [-0.2, -0.15) is 0 Å². The molecule has 0 radical (unpaired) electrons. The molecule has 0 amide bonds. The fourth-order valence-corrected chi connectivity index (χ4v) is 2.95. The first kappa shape index (κ1) is 21.9. The van der Waals surface area contributed by atoms with Crippen LogP contribution in [0.1, 0.15) is 24.2 Å². The molecule has 0 heterocycles. The van der Waals surface area contributed by atoms with Gasteiger partial charge in [-0.1, -0.05) is 23.7 Å². The number of hydrogen-bond donors (Lipinski definition) is 3. The Hall–Kier alpha value is -2.44. The Morgan fingerprint density at radius 1 is 1.14 bits per heavy atom. The average Bonchev–Trinajstić information content (AvgIpc) is 2.71. The van der Waals surface area contributed by atoms with Crippen LogP contribution in [0.2, 0.25) is 5.02 Å². The Balaban J connectivity index is 1.99. The SMILES string of the molecule is CCNC(=NCC(O)c1cc(OC)ccc1OC)NCCc1cccc(Cl)c1. The van der Waals surface area contributed by atoms with E-state index in [0.717, 1.165) is 23.6 Å². The van der Waals surface area contributed by atoms with Gasteiger partial charge in [-0.3, -0.25) is 4.99 Å². The zero-order valence-corrected chi connectivity index (χ0v) is 17.3. The Morgan fingerprint density at radius 3 is 2.64 bits per heavy atom. The number of nitrogens with one attached hydrogen (secondary N) is 2. The number of guanidine groups is 1. The molecule has 2 aromatic rings. The van der Waals surface area contributed by atoms with Crippen LogP contribution in [0.5, 0.6) is 11.5 Å². The van der Waals surface area contributed by atoms with E-state index < -0.39 is 6.10 Å². The number of halogens is 1. The summed E-state index contributed by atoms with van der Waals surface area (Å²) in [5.41, 5.74) is 1.79. The molecule has 2 rings (SSSR count). The van der Waals surface area contributed by atoms with Crippen molar-refractivity contribution in [2.45, 2.75) is 19.4 Å². The van der Waals surface area contributed by atoms with Crippen LogP contribution in [0.15, 0.2) is 47.5 Å². The Morgan fingerprint density at radius 2 is 1.96 bits per heavy atom. The Kier molecular flexibility index (Phi) is 8.91. The second-order valence-electron chi connectivity index (χ2n) is 6.15. The summed E-state index contributed by atoms with van der Waals surface area (Å²) in [6.45, 7) is 3.61. The Labute approximate surface area is 171 Å². The normalized spacial score (nSPS) is 12.4. The van der Waals surface area contributed by atoms with E-state index in [1.54, 1.807) is 32.4 Å². The Bertz CT molecular complexity index is 783. The average molecular weight is 406 g/mol. The summed E-state index contributed by atoms with van der Waals surface area (Å²) < 4.78 is 10.6. The monoisotopic (exact) mass is 405 g/mol. The molecule has 28 heavy (non-hydrogen) atoms. The lowest BCUT2D eigenvalue weighted by Crippen LogP contribution is -2.38. The number of aliphatic hydroxyl groups excluding tert-OH is 1. The third-order valence-corrected chi connectivity index (χ3v) is 4.39. The van der Waals surface area contributed by atoms with Gasteiger partial charge in [0.15, 0.2) is 5.96 Å². The van der Waals surface area contributed by atoms with Crippen molar-refractivity contribution in [2.75, 3.05) is 33.9 Å². The highest BCUT2D eigenvalue weighted by Crippen LogP contribution is 2.29. The maximum atomic E-state index is 10.6. The van der Waals surface area contributed by atoms with Gasteiger partial charge in [0.1, 0.15) is 17.6 Å². The summed E-state index contributed by atoms with van der Waals surface area (Å²) >= 11 is 6.02. The molecule has 0 spiro atoms. The van der Waals surface area contributed by atoms with Crippen LogP contribution in [0.3, 0.4) is 0 Å². The first-order valence-electron chi connectivity index (χ1n) is 9.24. The predicted octanol–water partition coefficient (Wildman–Crippen LogP) is 3.19.